The minimum atomic E-state index is -0.551. The minimum absolute atomic E-state index is 0.231. The molecule has 3 rings (SSSR count). The Morgan fingerprint density at radius 3 is 2.73 bits per heavy atom. The number of hydrogen-bond acceptors (Lipinski definition) is 5. The summed E-state index contributed by atoms with van der Waals surface area (Å²) in [6.07, 6.45) is 4.88. The van der Waals surface area contributed by atoms with E-state index in [-0.39, 0.29) is 12.3 Å². The molecule has 8 nitrogen and oxygen atoms in total. The summed E-state index contributed by atoms with van der Waals surface area (Å²) < 4.78 is 8.11. The Kier molecular flexibility index (Phi) is 8.08. The summed E-state index contributed by atoms with van der Waals surface area (Å²) >= 11 is 6.25. The van der Waals surface area contributed by atoms with Crippen LogP contribution in [-0.4, -0.2) is 48.3 Å². The second-order valence-electron chi connectivity index (χ2n) is 7.45. The maximum absolute atomic E-state index is 11.9. The van der Waals surface area contributed by atoms with Gasteiger partial charge in [-0.1, -0.05) is 17.3 Å². The van der Waals surface area contributed by atoms with E-state index in [0.717, 1.165) is 28.9 Å². The number of allylic oxidation sites excluding steroid dienone is 1. The number of ether oxygens (including phenoxy) is 1. The van der Waals surface area contributed by atoms with Crippen LogP contribution >= 0.6 is 11.6 Å². The molecule has 4 N–H and O–H groups in total. The average Bonchev–Trinajstić information content (AvgIpc) is 3.22. The van der Waals surface area contributed by atoms with Gasteiger partial charge in [0, 0.05) is 66.9 Å². The van der Waals surface area contributed by atoms with Crippen LogP contribution in [-0.2, 0) is 11.2 Å². The summed E-state index contributed by atoms with van der Waals surface area (Å²) in [6, 6.07) is 9.40. The van der Waals surface area contributed by atoms with E-state index >= 15 is 0 Å². The van der Waals surface area contributed by atoms with Gasteiger partial charge in [-0.05, 0) is 49.4 Å². The van der Waals surface area contributed by atoms with Crippen LogP contribution in [0.2, 0.25) is 5.02 Å². The van der Waals surface area contributed by atoms with E-state index in [4.69, 9.17) is 22.1 Å². The summed E-state index contributed by atoms with van der Waals surface area (Å²) in [5, 5.41) is 16.3. The van der Waals surface area contributed by atoms with Crippen LogP contribution < -0.4 is 21.1 Å². The number of nitrogens with one attached hydrogen (secondary N) is 2. The van der Waals surface area contributed by atoms with Gasteiger partial charge in [-0.2, -0.15) is 0 Å². The molecule has 0 radical (unpaired) electrons. The first kappa shape index (κ1) is 24.3. The zero-order valence-electron chi connectivity index (χ0n) is 19.0. The van der Waals surface area contributed by atoms with E-state index in [9.17, 15) is 10.2 Å². The number of rotatable bonds is 10. The summed E-state index contributed by atoms with van der Waals surface area (Å²) in [4.78, 5) is 16.3. The topological polar surface area (TPSA) is 116 Å². The molecule has 2 heterocycles. The molecule has 2 aromatic heterocycles. The lowest BCUT2D eigenvalue weighted by Gasteiger charge is -2.20. The van der Waals surface area contributed by atoms with E-state index < -0.39 is 5.91 Å². The Labute approximate surface area is 198 Å². The third kappa shape index (κ3) is 5.53. The molecule has 0 saturated heterocycles. The number of nitrogens with zero attached hydrogens (tertiary/aromatic N) is 3. The molecule has 0 unspecified atom stereocenters. The van der Waals surface area contributed by atoms with Crippen molar-refractivity contribution in [2.75, 3.05) is 27.2 Å². The Hall–Kier alpha value is -3.36. The predicted octanol–water partition coefficient (Wildman–Crippen LogP) is 3.17. The van der Waals surface area contributed by atoms with Gasteiger partial charge >= 0.3 is 0 Å². The molecular formula is C24H28ClN6O2-. The second-order valence-corrected chi connectivity index (χ2v) is 7.89. The molecule has 9 heteroatoms. The molecule has 1 amide bonds. The third-order valence-electron chi connectivity index (χ3n) is 5.40. The number of carbonyl (C=O) groups excluding carboxylic acids is 1. The lowest BCUT2D eigenvalue weighted by molar-refractivity contribution is -0.114. The van der Waals surface area contributed by atoms with Gasteiger partial charge in [0.1, 0.15) is 11.4 Å². The van der Waals surface area contributed by atoms with Crippen molar-refractivity contribution in [1.82, 2.24) is 20.0 Å². The maximum Gasteiger partial charge on any atom is 0.227 e. The second kappa shape index (κ2) is 11.0. The van der Waals surface area contributed by atoms with Gasteiger partial charge in [0.15, 0.2) is 0 Å². The quantitative estimate of drug-likeness (QED) is 0.396. The summed E-state index contributed by atoms with van der Waals surface area (Å²) in [5.41, 5.74) is 10.2. The first-order chi connectivity index (χ1) is 15.9. The summed E-state index contributed by atoms with van der Waals surface area (Å²) in [7, 11) is 3.20. The van der Waals surface area contributed by atoms with Crippen molar-refractivity contribution >= 4 is 28.9 Å². The summed E-state index contributed by atoms with van der Waals surface area (Å²) in [6.45, 7) is 2.56. The highest BCUT2D eigenvalue weighted by Gasteiger charge is 2.13. The highest BCUT2D eigenvalue weighted by molar-refractivity contribution is 6.46. The van der Waals surface area contributed by atoms with Gasteiger partial charge < -0.3 is 30.9 Å². The van der Waals surface area contributed by atoms with E-state index in [1.807, 2.05) is 41.1 Å². The lowest BCUT2D eigenvalue weighted by Crippen LogP contribution is -2.30. The van der Waals surface area contributed by atoms with Crippen LogP contribution in [0.1, 0.15) is 19.0 Å². The van der Waals surface area contributed by atoms with Crippen molar-refractivity contribution in [2.24, 2.45) is 5.73 Å². The molecule has 33 heavy (non-hydrogen) atoms. The van der Waals surface area contributed by atoms with Gasteiger partial charge in [0.2, 0.25) is 5.91 Å². The van der Waals surface area contributed by atoms with E-state index in [2.05, 4.69) is 15.6 Å². The number of benzene rings is 1. The van der Waals surface area contributed by atoms with Gasteiger partial charge in [-0.15, -0.1) is 0 Å². The highest BCUT2D eigenvalue weighted by atomic mass is 35.5. The molecule has 174 valence electrons. The molecule has 1 aromatic carbocycles. The molecule has 0 aliphatic carbocycles. The fraction of sp³-hybridized carbons (Fsp3) is 0.292. The summed E-state index contributed by atoms with van der Waals surface area (Å²) in [5.74, 6) is 0.0493. The van der Waals surface area contributed by atoms with Gasteiger partial charge in [0.25, 0.3) is 0 Å². The third-order valence-corrected chi connectivity index (χ3v) is 5.64. The van der Waals surface area contributed by atoms with Gasteiger partial charge in [0.05, 0.1) is 6.61 Å². The molecule has 0 fully saturated rings. The molecule has 0 aliphatic heterocycles. The van der Waals surface area contributed by atoms with Crippen LogP contribution in [0.25, 0.3) is 22.2 Å². The Morgan fingerprint density at radius 1 is 1.24 bits per heavy atom. The minimum Gasteiger partial charge on any atom is -0.799 e. The molecule has 0 saturated carbocycles. The molecule has 3 aromatic rings. The number of aromatic nitrogens is 2. The normalized spacial score (nSPS) is 11.8. The van der Waals surface area contributed by atoms with Crippen LogP contribution in [0.5, 0.6) is 5.75 Å². The molecular weight excluding hydrogens is 440 g/mol. The van der Waals surface area contributed by atoms with Crippen molar-refractivity contribution in [3.63, 3.8) is 0 Å². The molecule has 0 bridgehead atoms. The Bertz CT molecular complexity index is 1200. The average molecular weight is 468 g/mol. The number of carbonyl (C=O) groups is 1. The van der Waals surface area contributed by atoms with E-state index in [1.54, 1.807) is 20.0 Å². The van der Waals surface area contributed by atoms with Crippen molar-refractivity contribution in [3.05, 3.63) is 70.1 Å². The fourth-order valence-corrected chi connectivity index (χ4v) is 3.69. The first-order valence-electron chi connectivity index (χ1n) is 10.6. The van der Waals surface area contributed by atoms with Crippen molar-refractivity contribution in [1.29, 1.82) is 0 Å². The number of imidazole rings is 1. The first-order valence-corrected chi connectivity index (χ1v) is 11.0. The van der Waals surface area contributed by atoms with Crippen LogP contribution in [0.15, 0.2) is 54.0 Å². The van der Waals surface area contributed by atoms with Gasteiger partial charge in [-0.3, -0.25) is 4.79 Å². The number of pyridine rings is 1. The molecule has 0 atom stereocenters. The van der Waals surface area contributed by atoms with Gasteiger partial charge in [-0.25, -0.2) is 4.98 Å². The number of amides is 1. The molecule has 0 aliphatic rings. The fourth-order valence-electron chi connectivity index (χ4n) is 3.53. The number of nitrogens with two attached hydrogens (primary N) is 1. The Morgan fingerprint density at radius 2 is 2.03 bits per heavy atom. The molecule has 0 spiro atoms. The van der Waals surface area contributed by atoms with E-state index in [1.165, 1.54) is 7.05 Å². The Balaban J connectivity index is 1.88. The van der Waals surface area contributed by atoms with Crippen molar-refractivity contribution < 1.29 is 9.53 Å². The predicted molar refractivity (Wildman–Crippen MR) is 133 cm³/mol. The monoisotopic (exact) mass is 467 g/mol. The zero-order valence-corrected chi connectivity index (χ0v) is 19.7. The van der Waals surface area contributed by atoms with Crippen LogP contribution in [0, 0.1) is 0 Å². The van der Waals surface area contributed by atoms with Crippen LogP contribution in [0.4, 0.5) is 0 Å². The number of halogens is 1. The van der Waals surface area contributed by atoms with E-state index in [0.29, 0.717) is 35.0 Å². The van der Waals surface area contributed by atoms with Crippen molar-refractivity contribution in [3.8, 4) is 16.9 Å². The zero-order chi connectivity index (χ0) is 24.0. The smallest absolute Gasteiger partial charge is 0.227 e. The number of hydrogen-bond donors (Lipinski definition) is 3. The lowest BCUT2D eigenvalue weighted by atomic mass is 10.0. The number of fused-ring (bicyclic) bond motifs is 1. The van der Waals surface area contributed by atoms with Crippen molar-refractivity contribution in [2.45, 2.75) is 19.8 Å². The maximum atomic E-state index is 11.9. The largest absolute Gasteiger partial charge is 0.799 e. The van der Waals surface area contributed by atoms with Crippen LogP contribution in [0.3, 0.4) is 0 Å². The standard InChI is InChI=1S/C24H28ClN6O2/c1-15(28-2)19(23(27)24(32)29-3)9-11-33-21-12-17(25)5-6-20(21)16-4-7-22-30-13-18(8-10-26)31(22)14-16/h4-7,12-14,28H,8-11,26H2,1-3H3,(H,29,32)/q-1/b19-15-. The SMILES string of the molecule is CNC(=O)C(=[N-])/C(CCOc1cc(Cl)ccc1-c1ccc2ncc(CCN)n2c1)=C(/C)NC. The highest BCUT2D eigenvalue weighted by Crippen LogP contribution is 2.33.